The number of nitrogens with one attached hydrogen (secondary N) is 1. The molecule has 0 aliphatic heterocycles. The Morgan fingerprint density at radius 3 is 2.46 bits per heavy atom. The van der Waals surface area contributed by atoms with E-state index < -0.39 is 8.07 Å². The van der Waals surface area contributed by atoms with Gasteiger partial charge in [0.2, 0.25) is 0 Å². The first-order valence-electron chi connectivity index (χ1n) is 4.42. The molecule has 1 atom stereocenters. The predicted octanol–water partition coefficient (Wildman–Crippen LogP) is 2.22. The molecule has 13 heavy (non-hydrogen) atoms. The molecule has 0 aromatic rings. The van der Waals surface area contributed by atoms with Crippen LogP contribution in [0.5, 0.6) is 0 Å². The summed E-state index contributed by atoms with van der Waals surface area (Å²) in [4.78, 5) is 10.9. The van der Waals surface area contributed by atoms with Crippen LogP contribution >= 0.6 is 11.6 Å². The highest BCUT2D eigenvalue weighted by Crippen LogP contribution is 2.12. The second-order valence-electron chi connectivity index (χ2n) is 3.93. The molecule has 1 amide bonds. The van der Waals surface area contributed by atoms with Gasteiger partial charge in [-0.25, -0.2) is 4.79 Å². The first kappa shape index (κ1) is 12.8. The topological polar surface area (TPSA) is 38.3 Å². The summed E-state index contributed by atoms with van der Waals surface area (Å²) in [7, 11) is -1.36. The number of alkyl carbamates (subject to hydrolysis) is 1. The van der Waals surface area contributed by atoms with Crippen molar-refractivity contribution in [1.82, 2.24) is 5.32 Å². The molecule has 0 aliphatic carbocycles. The molecule has 0 spiro atoms. The van der Waals surface area contributed by atoms with Crippen molar-refractivity contribution >= 4 is 25.8 Å². The van der Waals surface area contributed by atoms with Gasteiger partial charge >= 0.3 is 6.09 Å². The smallest absolute Gasteiger partial charge is 0.407 e. The normalized spacial score (nSPS) is 13.6. The van der Waals surface area contributed by atoms with Crippen LogP contribution in [-0.4, -0.2) is 32.3 Å². The first-order chi connectivity index (χ1) is 5.88. The maximum atomic E-state index is 10.9. The van der Waals surface area contributed by atoms with E-state index in [0.29, 0.717) is 13.2 Å². The lowest BCUT2D eigenvalue weighted by Gasteiger charge is -2.22. The Bertz CT molecular complexity index is 170. The summed E-state index contributed by atoms with van der Waals surface area (Å²) in [5.74, 6) is 0. The van der Waals surface area contributed by atoms with Gasteiger partial charge in [-0.15, -0.1) is 11.6 Å². The molecule has 5 heteroatoms. The van der Waals surface area contributed by atoms with E-state index in [1.807, 2.05) is 0 Å². The van der Waals surface area contributed by atoms with Gasteiger partial charge in [-0.2, -0.15) is 0 Å². The molecule has 0 bridgehead atoms. The van der Waals surface area contributed by atoms with Gasteiger partial charge in [-0.05, 0) is 6.92 Å². The standard InChI is InChI=1S/C8H18ClNO2Si/c1-5-12-8(11)10-6-7(9)13(2,3)4/h7H,5-6H2,1-4H3,(H,10,11). The SMILES string of the molecule is CCOC(=O)NCC(Cl)[Si](C)(C)C. The van der Waals surface area contributed by atoms with Crippen LogP contribution in [0.15, 0.2) is 0 Å². The van der Waals surface area contributed by atoms with Crippen molar-refractivity contribution in [3.8, 4) is 0 Å². The van der Waals surface area contributed by atoms with Gasteiger partial charge in [0.05, 0.1) is 14.7 Å². The summed E-state index contributed by atoms with van der Waals surface area (Å²) in [5, 5.41) is 2.68. The highest BCUT2D eigenvalue weighted by atomic mass is 35.5. The third-order valence-electron chi connectivity index (χ3n) is 1.64. The van der Waals surface area contributed by atoms with Gasteiger partial charge in [0.15, 0.2) is 0 Å². The second kappa shape index (κ2) is 5.50. The number of alkyl halides is 1. The van der Waals surface area contributed by atoms with Crippen molar-refractivity contribution in [3.05, 3.63) is 0 Å². The highest BCUT2D eigenvalue weighted by molar-refractivity contribution is 6.84. The molecular weight excluding hydrogens is 206 g/mol. The van der Waals surface area contributed by atoms with Gasteiger partial charge < -0.3 is 10.1 Å². The summed E-state index contributed by atoms with van der Waals surface area (Å²) in [6.45, 7) is 9.16. The van der Waals surface area contributed by atoms with Crippen LogP contribution in [0.4, 0.5) is 4.79 Å². The number of rotatable bonds is 4. The van der Waals surface area contributed by atoms with Crippen molar-refractivity contribution in [2.24, 2.45) is 0 Å². The number of amides is 1. The van der Waals surface area contributed by atoms with Crippen LogP contribution in [0.1, 0.15) is 6.92 Å². The number of halogens is 1. The van der Waals surface area contributed by atoms with E-state index in [1.54, 1.807) is 6.92 Å². The number of hydrogen-bond acceptors (Lipinski definition) is 2. The Balaban J connectivity index is 3.70. The summed E-state index contributed by atoms with van der Waals surface area (Å²) >= 11 is 6.09. The number of ether oxygens (including phenoxy) is 1. The molecule has 0 fully saturated rings. The third-order valence-corrected chi connectivity index (χ3v) is 5.84. The fourth-order valence-electron chi connectivity index (χ4n) is 0.661. The average molecular weight is 224 g/mol. The number of carbonyl (C=O) groups is 1. The minimum absolute atomic E-state index is 0.0527. The summed E-state index contributed by atoms with van der Waals surface area (Å²) in [6.07, 6.45) is -0.383. The number of hydrogen-bond donors (Lipinski definition) is 1. The van der Waals surface area contributed by atoms with Crippen LogP contribution in [0, 0.1) is 0 Å². The van der Waals surface area contributed by atoms with Crippen LogP contribution in [0.3, 0.4) is 0 Å². The highest BCUT2D eigenvalue weighted by Gasteiger charge is 2.24. The van der Waals surface area contributed by atoms with Gasteiger partial charge in [-0.1, -0.05) is 19.6 Å². The Kier molecular flexibility index (Phi) is 5.40. The molecule has 1 N–H and O–H groups in total. The monoisotopic (exact) mass is 223 g/mol. The van der Waals surface area contributed by atoms with E-state index in [1.165, 1.54) is 0 Å². The van der Waals surface area contributed by atoms with Crippen molar-refractivity contribution in [2.45, 2.75) is 31.6 Å². The van der Waals surface area contributed by atoms with E-state index in [2.05, 4.69) is 25.0 Å². The molecule has 1 unspecified atom stereocenters. The molecule has 0 aromatic heterocycles. The molecule has 0 aromatic carbocycles. The molecule has 0 aliphatic rings. The van der Waals surface area contributed by atoms with E-state index in [0.717, 1.165) is 0 Å². The van der Waals surface area contributed by atoms with E-state index in [9.17, 15) is 4.79 Å². The maximum Gasteiger partial charge on any atom is 0.407 e. The zero-order valence-corrected chi connectivity index (χ0v) is 10.4. The van der Waals surface area contributed by atoms with Gasteiger partial charge in [0.25, 0.3) is 0 Å². The van der Waals surface area contributed by atoms with Crippen LogP contribution < -0.4 is 5.32 Å². The first-order valence-corrected chi connectivity index (χ1v) is 8.44. The minimum atomic E-state index is -1.36. The molecule has 0 rings (SSSR count). The Morgan fingerprint density at radius 2 is 2.08 bits per heavy atom. The fourth-order valence-corrected chi connectivity index (χ4v) is 1.45. The summed E-state index contributed by atoms with van der Waals surface area (Å²) < 4.78 is 4.71. The average Bonchev–Trinajstić information content (AvgIpc) is 1.99. The van der Waals surface area contributed by atoms with Crippen molar-refractivity contribution in [2.75, 3.05) is 13.2 Å². The molecule has 78 valence electrons. The fraction of sp³-hybridized carbons (Fsp3) is 0.875. The van der Waals surface area contributed by atoms with Gasteiger partial charge in [0, 0.05) is 11.5 Å². The number of carbonyl (C=O) groups excluding carboxylic acids is 1. The van der Waals surface area contributed by atoms with Gasteiger partial charge in [-0.3, -0.25) is 0 Å². The molecular formula is C8H18ClNO2Si. The molecule has 0 saturated carbocycles. The van der Waals surface area contributed by atoms with Crippen LogP contribution in [0.25, 0.3) is 0 Å². The lowest BCUT2D eigenvalue weighted by molar-refractivity contribution is 0.152. The molecule has 0 saturated heterocycles. The largest absolute Gasteiger partial charge is 0.450 e. The van der Waals surface area contributed by atoms with Crippen LogP contribution in [-0.2, 0) is 4.74 Å². The molecule has 3 nitrogen and oxygen atoms in total. The third kappa shape index (κ3) is 5.93. The van der Waals surface area contributed by atoms with E-state index in [4.69, 9.17) is 16.3 Å². The van der Waals surface area contributed by atoms with E-state index in [-0.39, 0.29) is 11.1 Å². The summed E-state index contributed by atoms with van der Waals surface area (Å²) in [6, 6.07) is 0. The lowest BCUT2D eigenvalue weighted by Crippen LogP contribution is -2.43. The van der Waals surface area contributed by atoms with Crippen molar-refractivity contribution < 1.29 is 9.53 Å². The zero-order valence-electron chi connectivity index (χ0n) is 8.69. The Hall–Kier alpha value is -0.223. The minimum Gasteiger partial charge on any atom is -0.450 e. The maximum absolute atomic E-state index is 10.9. The Labute approximate surface area is 85.8 Å². The quantitative estimate of drug-likeness (QED) is 0.586. The van der Waals surface area contributed by atoms with E-state index >= 15 is 0 Å². The van der Waals surface area contributed by atoms with Crippen molar-refractivity contribution in [1.29, 1.82) is 0 Å². The molecule has 0 heterocycles. The Morgan fingerprint density at radius 1 is 1.54 bits per heavy atom. The zero-order chi connectivity index (χ0) is 10.5. The second-order valence-corrected chi connectivity index (χ2v) is 10.3. The van der Waals surface area contributed by atoms with Gasteiger partial charge in [0.1, 0.15) is 0 Å². The summed E-state index contributed by atoms with van der Waals surface area (Å²) in [5.41, 5.74) is 0. The molecule has 0 radical (unpaired) electrons. The predicted molar refractivity (Wildman–Crippen MR) is 58.0 cm³/mol. The lowest BCUT2D eigenvalue weighted by atomic mass is 10.7. The van der Waals surface area contributed by atoms with Crippen molar-refractivity contribution in [3.63, 3.8) is 0 Å². The van der Waals surface area contributed by atoms with Crippen LogP contribution in [0.2, 0.25) is 19.6 Å².